The lowest BCUT2D eigenvalue weighted by atomic mass is 10.2. The smallest absolute Gasteiger partial charge is 0.242 e. The zero-order valence-electron chi connectivity index (χ0n) is 17.5. The highest BCUT2D eigenvalue weighted by Gasteiger charge is 2.31. The van der Waals surface area contributed by atoms with Gasteiger partial charge in [-0.15, -0.1) is 10.2 Å². The van der Waals surface area contributed by atoms with Gasteiger partial charge >= 0.3 is 0 Å². The number of halogens is 1. The monoisotopic (exact) mass is 475 g/mol. The molecule has 0 atom stereocenters. The zero-order chi connectivity index (χ0) is 22.9. The van der Waals surface area contributed by atoms with Crippen LogP contribution in [0.5, 0.6) is 0 Å². The van der Waals surface area contributed by atoms with Crippen LogP contribution in [0.2, 0.25) is 0 Å². The summed E-state index contributed by atoms with van der Waals surface area (Å²) < 4.78 is 41.9. The van der Waals surface area contributed by atoms with Gasteiger partial charge in [0.25, 0.3) is 0 Å². The SMILES string of the molecule is CN(C)S(=O)(=O)c1cccc(NC(=O)CSc2nnc(-c3ccccc3F)n2C2CC2)c1. The van der Waals surface area contributed by atoms with Gasteiger partial charge in [0.2, 0.25) is 15.9 Å². The quantitative estimate of drug-likeness (QED) is 0.502. The summed E-state index contributed by atoms with van der Waals surface area (Å²) in [6.45, 7) is 0. The summed E-state index contributed by atoms with van der Waals surface area (Å²) in [5.74, 6) is -0.182. The van der Waals surface area contributed by atoms with Crippen molar-refractivity contribution in [3.05, 3.63) is 54.3 Å². The molecule has 168 valence electrons. The van der Waals surface area contributed by atoms with E-state index in [9.17, 15) is 17.6 Å². The Hall–Kier alpha value is -2.76. The molecule has 0 radical (unpaired) electrons. The normalized spacial score (nSPS) is 14.0. The highest BCUT2D eigenvalue weighted by atomic mass is 32.2. The van der Waals surface area contributed by atoms with Crippen molar-refractivity contribution in [2.75, 3.05) is 25.2 Å². The number of nitrogens with zero attached hydrogens (tertiary/aromatic N) is 4. The largest absolute Gasteiger partial charge is 0.325 e. The first-order valence-electron chi connectivity index (χ1n) is 9.92. The predicted octanol–water partition coefficient (Wildman–Crippen LogP) is 3.40. The van der Waals surface area contributed by atoms with E-state index in [1.807, 2.05) is 4.57 Å². The first kappa shape index (κ1) is 22.4. The maximum Gasteiger partial charge on any atom is 0.242 e. The minimum Gasteiger partial charge on any atom is -0.325 e. The summed E-state index contributed by atoms with van der Waals surface area (Å²) in [7, 11) is -0.707. The first-order chi connectivity index (χ1) is 15.3. The van der Waals surface area contributed by atoms with Crippen LogP contribution in [0.25, 0.3) is 11.4 Å². The maximum atomic E-state index is 14.3. The Kier molecular flexibility index (Phi) is 6.31. The minimum atomic E-state index is -3.60. The van der Waals surface area contributed by atoms with Gasteiger partial charge in [-0.3, -0.25) is 9.36 Å². The van der Waals surface area contributed by atoms with E-state index in [4.69, 9.17) is 0 Å². The van der Waals surface area contributed by atoms with E-state index in [0.29, 0.717) is 22.2 Å². The van der Waals surface area contributed by atoms with Crippen LogP contribution in [0.1, 0.15) is 18.9 Å². The van der Waals surface area contributed by atoms with E-state index in [2.05, 4.69) is 15.5 Å². The van der Waals surface area contributed by atoms with Gasteiger partial charge in [-0.2, -0.15) is 0 Å². The Labute approximate surface area is 189 Å². The molecule has 0 bridgehead atoms. The topological polar surface area (TPSA) is 97.2 Å². The summed E-state index contributed by atoms with van der Waals surface area (Å²) in [4.78, 5) is 12.6. The third kappa shape index (κ3) is 4.69. The summed E-state index contributed by atoms with van der Waals surface area (Å²) in [5, 5.41) is 11.6. The van der Waals surface area contributed by atoms with E-state index in [0.717, 1.165) is 17.1 Å². The van der Waals surface area contributed by atoms with Crippen molar-refractivity contribution in [2.45, 2.75) is 28.9 Å². The molecule has 1 aromatic heterocycles. The molecule has 1 aliphatic rings. The predicted molar refractivity (Wildman–Crippen MR) is 120 cm³/mol. The lowest BCUT2D eigenvalue weighted by molar-refractivity contribution is -0.113. The molecular formula is C21H22FN5O3S2. The molecule has 0 aliphatic heterocycles. The standard InChI is InChI=1S/C21H22FN5O3S2/c1-26(2)32(29,30)16-7-5-6-14(12-16)23-19(28)13-31-21-25-24-20(27(21)15-10-11-15)17-8-3-4-9-18(17)22/h3-9,12,15H,10-11,13H2,1-2H3,(H,23,28). The molecule has 1 aliphatic carbocycles. The fraction of sp³-hybridized carbons (Fsp3) is 0.286. The highest BCUT2D eigenvalue weighted by molar-refractivity contribution is 7.99. The van der Waals surface area contributed by atoms with Crippen LogP contribution in [0, 0.1) is 5.82 Å². The number of aromatic nitrogens is 3. The number of hydrogen-bond donors (Lipinski definition) is 1. The zero-order valence-corrected chi connectivity index (χ0v) is 19.2. The molecule has 0 saturated heterocycles. The van der Waals surface area contributed by atoms with E-state index >= 15 is 0 Å². The first-order valence-corrected chi connectivity index (χ1v) is 12.3. The molecule has 32 heavy (non-hydrogen) atoms. The molecule has 0 spiro atoms. The molecule has 3 aromatic rings. The highest BCUT2D eigenvalue weighted by Crippen LogP contribution is 2.41. The molecule has 8 nitrogen and oxygen atoms in total. The molecule has 1 fully saturated rings. The Morgan fingerprint density at radius 3 is 2.62 bits per heavy atom. The van der Waals surface area contributed by atoms with Gasteiger partial charge in [0.15, 0.2) is 11.0 Å². The summed E-state index contributed by atoms with van der Waals surface area (Å²) in [5.41, 5.74) is 0.761. The van der Waals surface area contributed by atoms with Crippen LogP contribution in [-0.2, 0) is 14.8 Å². The Balaban J connectivity index is 1.47. The van der Waals surface area contributed by atoms with Gasteiger partial charge in [0.05, 0.1) is 16.2 Å². The Morgan fingerprint density at radius 1 is 1.19 bits per heavy atom. The molecule has 1 saturated carbocycles. The minimum absolute atomic E-state index is 0.0484. The Bertz CT molecular complexity index is 1260. The number of rotatable bonds is 8. The number of carbonyl (C=O) groups excluding carboxylic acids is 1. The van der Waals surface area contributed by atoms with Crippen LogP contribution >= 0.6 is 11.8 Å². The number of thioether (sulfide) groups is 1. The number of benzene rings is 2. The van der Waals surface area contributed by atoms with Crippen LogP contribution in [0.15, 0.2) is 58.6 Å². The fourth-order valence-corrected chi connectivity index (χ4v) is 4.89. The molecule has 4 rings (SSSR count). The molecule has 0 unspecified atom stereocenters. The average Bonchev–Trinajstić information content (AvgIpc) is 3.52. The second-order valence-electron chi connectivity index (χ2n) is 7.54. The van der Waals surface area contributed by atoms with Crippen LogP contribution in [0.4, 0.5) is 10.1 Å². The van der Waals surface area contributed by atoms with E-state index in [1.165, 1.54) is 44.1 Å². The van der Waals surface area contributed by atoms with Crippen molar-refractivity contribution in [3.8, 4) is 11.4 Å². The van der Waals surface area contributed by atoms with Crippen molar-refractivity contribution >= 4 is 33.4 Å². The van der Waals surface area contributed by atoms with E-state index in [1.54, 1.807) is 30.3 Å². The van der Waals surface area contributed by atoms with Gasteiger partial charge in [0, 0.05) is 25.8 Å². The van der Waals surface area contributed by atoms with Gasteiger partial charge < -0.3 is 5.32 Å². The third-order valence-corrected chi connectivity index (χ3v) is 7.67. The number of nitrogens with one attached hydrogen (secondary N) is 1. The van der Waals surface area contributed by atoms with Crippen LogP contribution in [-0.4, -0.2) is 53.2 Å². The number of hydrogen-bond acceptors (Lipinski definition) is 6. The lowest BCUT2D eigenvalue weighted by Gasteiger charge is -2.13. The lowest BCUT2D eigenvalue weighted by Crippen LogP contribution is -2.22. The number of amides is 1. The van der Waals surface area contributed by atoms with E-state index < -0.39 is 10.0 Å². The van der Waals surface area contributed by atoms with Crippen molar-refractivity contribution in [3.63, 3.8) is 0 Å². The number of carbonyl (C=O) groups is 1. The Morgan fingerprint density at radius 2 is 1.94 bits per heavy atom. The molecule has 1 heterocycles. The van der Waals surface area contributed by atoms with Gasteiger partial charge in [0.1, 0.15) is 5.82 Å². The second-order valence-corrected chi connectivity index (χ2v) is 10.6. The van der Waals surface area contributed by atoms with Crippen molar-refractivity contribution < 1.29 is 17.6 Å². The summed E-state index contributed by atoms with van der Waals surface area (Å²) in [6, 6.07) is 12.7. The average molecular weight is 476 g/mol. The molecular weight excluding hydrogens is 453 g/mol. The summed E-state index contributed by atoms with van der Waals surface area (Å²) in [6.07, 6.45) is 1.90. The number of sulfonamides is 1. The molecule has 1 N–H and O–H groups in total. The molecule has 2 aromatic carbocycles. The fourth-order valence-electron chi connectivity index (χ4n) is 3.14. The maximum absolute atomic E-state index is 14.3. The summed E-state index contributed by atoms with van der Waals surface area (Å²) >= 11 is 1.21. The van der Waals surface area contributed by atoms with Crippen molar-refractivity contribution in [1.82, 2.24) is 19.1 Å². The van der Waals surface area contributed by atoms with Gasteiger partial charge in [-0.25, -0.2) is 17.1 Å². The van der Waals surface area contributed by atoms with Crippen molar-refractivity contribution in [2.24, 2.45) is 0 Å². The van der Waals surface area contributed by atoms with Crippen LogP contribution < -0.4 is 5.32 Å². The van der Waals surface area contributed by atoms with E-state index in [-0.39, 0.29) is 28.4 Å². The number of anilines is 1. The third-order valence-electron chi connectivity index (χ3n) is 4.92. The molecule has 1 amide bonds. The van der Waals surface area contributed by atoms with Crippen molar-refractivity contribution in [1.29, 1.82) is 0 Å². The van der Waals surface area contributed by atoms with Gasteiger partial charge in [-0.1, -0.05) is 30.0 Å². The van der Waals surface area contributed by atoms with Gasteiger partial charge in [-0.05, 0) is 43.2 Å². The molecule has 11 heteroatoms. The van der Waals surface area contributed by atoms with Crippen LogP contribution in [0.3, 0.4) is 0 Å². The second kappa shape index (κ2) is 9.00.